The molecule has 1 aromatic carbocycles. The third-order valence-electron chi connectivity index (χ3n) is 2.08. The molecule has 0 saturated heterocycles. The Morgan fingerprint density at radius 2 is 1.79 bits per heavy atom. The Morgan fingerprint density at radius 3 is 2.43 bits per heavy atom. The van der Waals surface area contributed by atoms with Crippen molar-refractivity contribution in [1.29, 1.82) is 0 Å². The van der Waals surface area contributed by atoms with Gasteiger partial charge in [-0.25, -0.2) is 4.99 Å². The zero-order valence-electron chi connectivity index (χ0n) is 8.32. The second kappa shape index (κ2) is 3.96. The number of fused-ring (bicyclic) bond motifs is 1. The van der Waals surface area contributed by atoms with E-state index in [2.05, 4.69) is 16.2 Å². The van der Waals surface area contributed by atoms with E-state index in [0.29, 0.717) is 0 Å². The van der Waals surface area contributed by atoms with E-state index in [1.165, 1.54) is 0 Å². The van der Waals surface area contributed by atoms with E-state index in [4.69, 9.17) is 0 Å². The highest BCUT2D eigenvalue weighted by atomic mass is 32.2. The highest BCUT2D eigenvalue weighted by Gasteiger charge is 2.08. The minimum atomic E-state index is 0.871. The fraction of sp³-hybridized carbons (Fsp3) is 0.273. The Hall–Kier alpha value is -1.09. The zero-order valence-corrected chi connectivity index (χ0v) is 9.14. The van der Waals surface area contributed by atoms with E-state index in [1.54, 1.807) is 11.8 Å². The average Bonchev–Trinajstić information content (AvgIpc) is 2.35. The number of hydrogen-bond donors (Lipinski definition) is 0. The van der Waals surface area contributed by atoms with Crippen molar-refractivity contribution in [2.75, 3.05) is 6.26 Å². The van der Waals surface area contributed by atoms with Crippen LogP contribution in [-0.2, 0) is 0 Å². The summed E-state index contributed by atoms with van der Waals surface area (Å²) in [7, 11) is 0. The van der Waals surface area contributed by atoms with Gasteiger partial charge in [0, 0.05) is 12.1 Å². The highest BCUT2D eigenvalue weighted by molar-refractivity contribution is 8.13. The first kappa shape index (κ1) is 9.46. The van der Waals surface area contributed by atoms with Gasteiger partial charge in [0.25, 0.3) is 0 Å². The molecular formula is C11H12N2S. The van der Waals surface area contributed by atoms with Crippen LogP contribution < -0.4 is 0 Å². The van der Waals surface area contributed by atoms with Gasteiger partial charge < -0.3 is 0 Å². The van der Waals surface area contributed by atoms with Crippen molar-refractivity contribution in [2.24, 2.45) is 9.98 Å². The molecule has 72 valence electrons. The van der Waals surface area contributed by atoms with Crippen molar-refractivity contribution >= 4 is 33.9 Å². The lowest BCUT2D eigenvalue weighted by atomic mass is 10.3. The van der Waals surface area contributed by atoms with Crippen molar-refractivity contribution in [1.82, 2.24) is 0 Å². The lowest BCUT2D eigenvalue weighted by molar-refractivity contribution is 1.45. The molecule has 0 radical (unpaired) electrons. The van der Waals surface area contributed by atoms with Crippen LogP contribution in [0, 0.1) is 0 Å². The molecule has 0 aliphatic carbocycles. The maximum Gasteiger partial charge on any atom is 0.0895 e. The Kier molecular flexibility index (Phi) is 2.68. The number of hydrogen-bond acceptors (Lipinski definition) is 3. The second-order valence-corrected chi connectivity index (χ2v) is 4.10. The molecule has 1 aliphatic rings. The zero-order chi connectivity index (χ0) is 9.97. The molecule has 0 aromatic heterocycles. The Labute approximate surface area is 88.2 Å². The van der Waals surface area contributed by atoms with Crippen LogP contribution in [0.4, 0.5) is 11.4 Å². The molecule has 1 aliphatic heterocycles. The third-order valence-corrected chi connectivity index (χ3v) is 2.79. The van der Waals surface area contributed by atoms with Gasteiger partial charge in [-0.1, -0.05) is 12.1 Å². The predicted octanol–water partition coefficient (Wildman–Crippen LogP) is 3.58. The fourth-order valence-corrected chi connectivity index (χ4v) is 1.95. The van der Waals surface area contributed by atoms with Crippen molar-refractivity contribution in [3.8, 4) is 0 Å². The first-order chi connectivity index (χ1) is 6.79. The largest absolute Gasteiger partial charge is 0.255 e. The van der Waals surface area contributed by atoms with Gasteiger partial charge in [-0.05, 0) is 25.3 Å². The van der Waals surface area contributed by atoms with E-state index in [-0.39, 0.29) is 0 Å². The summed E-state index contributed by atoms with van der Waals surface area (Å²) in [4.78, 5) is 9.10. The highest BCUT2D eigenvalue weighted by Crippen LogP contribution is 2.31. The number of thioether (sulfide) groups is 1. The molecule has 2 nitrogen and oxygen atoms in total. The normalized spacial score (nSPS) is 15.3. The minimum Gasteiger partial charge on any atom is -0.255 e. The maximum atomic E-state index is 4.57. The van der Waals surface area contributed by atoms with Crippen molar-refractivity contribution < 1.29 is 0 Å². The Bertz CT molecular complexity index is 408. The summed E-state index contributed by atoms with van der Waals surface area (Å²) < 4.78 is 0. The van der Waals surface area contributed by atoms with Crippen LogP contribution in [0.5, 0.6) is 0 Å². The molecule has 0 atom stereocenters. The molecule has 1 heterocycles. The topological polar surface area (TPSA) is 24.7 Å². The molecule has 14 heavy (non-hydrogen) atoms. The predicted molar refractivity (Wildman–Crippen MR) is 64.4 cm³/mol. The van der Waals surface area contributed by atoms with Gasteiger partial charge in [-0.15, -0.1) is 11.8 Å². The third kappa shape index (κ3) is 1.87. The standard InChI is InChI=1S/C11H12N2S/c1-8-7-11(14-2)13-10-6-4-3-5-9(10)12-8/h3-6H,7H2,1-2H3. The number of aliphatic imine (C=N–C) groups is 2. The van der Waals surface area contributed by atoms with Crippen LogP contribution in [0.25, 0.3) is 0 Å². The van der Waals surface area contributed by atoms with Gasteiger partial charge in [0.15, 0.2) is 0 Å². The molecule has 0 amide bonds. The van der Waals surface area contributed by atoms with E-state index in [9.17, 15) is 0 Å². The van der Waals surface area contributed by atoms with Crippen LogP contribution >= 0.6 is 11.8 Å². The molecule has 2 rings (SSSR count). The fourth-order valence-electron chi connectivity index (χ4n) is 1.41. The van der Waals surface area contributed by atoms with Crippen LogP contribution in [-0.4, -0.2) is 17.0 Å². The van der Waals surface area contributed by atoms with Crippen molar-refractivity contribution in [2.45, 2.75) is 13.3 Å². The number of para-hydroxylation sites is 2. The van der Waals surface area contributed by atoms with Gasteiger partial charge >= 0.3 is 0 Å². The van der Waals surface area contributed by atoms with Gasteiger partial charge in [-0.3, -0.25) is 4.99 Å². The molecule has 0 saturated carbocycles. The molecule has 3 heteroatoms. The first-order valence-electron chi connectivity index (χ1n) is 4.54. The Balaban J connectivity index is 2.54. The number of rotatable bonds is 0. The van der Waals surface area contributed by atoms with E-state index in [0.717, 1.165) is 28.6 Å². The molecule has 0 fully saturated rings. The summed E-state index contributed by atoms with van der Waals surface area (Å²) in [6, 6.07) is 8.00. The van der Waals surface area contributed by atoms with Gasteiger partial charge in [0.05, 0.1) is 16.4 Å². The molecular weight excluding hydrogens is 192 g/mol. The average molecular weight is 204 g/mol. The quantitative estimate of drug-likeness (QED) is 0.634. The summed E-state index contributed by atoms with van der Waals surface area (Å²) in [6.45, 7) is 2.05. The van der Waals surface area contributed by atoms with E-state index >= 15 is 0 Å². The summed E-state index contributed by atoms with van der Waals surface area (Å²) in [6.07, 6.45) is 2.93. The summed E-state index contributed by atoms with van der Waals surface area (Å²) in [5.41, 5.74) is 3.09. The van der Waals surface area contributed by atoms with E-state index in [1.807, 2.05) is 31.2 Å². The molecule has 0 spiro atoms. The van der Waals surface area contributed by atoms with Gasteiger partial charge in [0.1, 0.15) is 0 Å². The lowest BCUT2D eigenvalue weighted by Gasteiger charge is -1.98. The summed E-state index contributed by atoms with van der Waals surface area (Å²) in [5, 5.41) is 1.14. The van der Waals surface area contributed by atoms with Crippen molar-refractivity contribution in [3.63, 3.8) is 0 Å². The van der Waals surface area contributed by atoms with Gasteiger partial charge in [0.2, 0.25) is 0 Å². The molecule has 0 unspecified atom stereocenters. The summed E-state index contributed by atoms with van der Waals surface area (Å²) in [5.74, 6) is 0. The van der Waals surface area contributed by atoms with Crippen LogP contribution in [0.1, 0.15) is 13.3 Å². The maximum absolute atomic E-state index is 4.57. The van der Waals surface area contributed by atoms with E-state index < -0.39 is 0 Å². The smallest absolute Gasteiger partial charge is 0.0895 e. The van der Waals surface area contributed by atoms with Crippen LogP contribution in [0.15, 0.2) is 34.3 Å². The SMILES string of the molecule is CSC1=Nc2ccccc2N=C(C)C1. The molecule has 0 bridgehead atoms. The lowest BCUT2D eigenvalue weighted by Crippen LogP contribution is -1.97. The number of nitrogens with zero attached hydrogens (tertiary/aromatic N) is 2. The summed E-state index contributed by atoms with van der Waals surface area (Å²) >= 11 is 1.70. The number of benzene rings is 1. The second-order valence-electron chi connectivity index (χ2n) is 3.22. The van der Waals surface area contributed by atoms with Crippen LogP contribution in [0.2, 0.25) is 0 Å². The molecule has 0 N–H and O–H groups in total. The monoisotopic (exact) mass is 204 g/mol. The molecule has 1 aromatic rings. The Morgan fingerprint density at radius 1 is 1.14 bits per heavy atom. The van der Waals surface area contributed by atoms with Gasteiger partial charge in [-0.2, -0.15) is 0 Å². The van der Waals surface area contributed by atoms with Crippen molar-refractivity contribution in [3.05, 3.63) is 24.3 Å². The van der Waals surface area contributed by atoms with Crippen LogP contribution in [0.3, 0.4) is 0 Å². The minimum absolute atomic E-state index is 0.871. The first-order valence-corrected chi connectivity index (χ1v) is 5.77.